The molecule has 2 heterocycles. The maximum Gasteiger partial charge on any atom is 0.408 e. The number of carbonyl (C=O) groups is 1. The fraction of sp³-hybridized carbons (Fsp3) is 0.500. The van der Waals surface area contributed by atoms with Crippen LogP contribution in [0, 0.1) is 0 Å². The molecule has 1 aromatic heterocycles. The van der Waals surface area contributed by atoms with Crippen molar-refractivity contribution in [3.63, 3.8) is 0 Å². The summed E-state index contributed by atoms with van der Waals surface area (Å²) in [5, 5.41) is 14.7. The molecule has 1 aromatic carbocycles. The minimum absolute atomic E-state index is 0.529. The van der Waals surface area contributed by atoms with Crippen molar-refractivity contribution in [2.45, 2.75) is 38.1 Å². The first-order valence-electron chi connectivity index (χ1n) is 7.57. The maximum atomic E-state index is 11.7. The van der Waals surface area contributed by atoms with Crippen molar-refractivity contribution in [3.05, 3.63) is 23.9 Å². The number of rotatable bonds is 3. The molecule has 1 N–H and O–H groups in total. The summed E-state index contributed by atoms with van der Waals surface area (Å²) in [6.45, 7) is 2.53. The van der Waals surface area contributed by atoms with Gasteiger partial charge in [0.2, 0.25) is 0 Å². The Balaban J connectivity index is 2.19. The summed E-state index contributed by atoms with van der Waals surface area (Å²) in [5.41, 5.74) is 0.729. The molecule has 6 heteroatoms. The first-order valence-corrected chi connectivity index (χ1v) is 7.57. The number of ether oxygens (including phenoxy) is 1. The molecule has 0 bridgehead atoms. The van der Waals surface area contributed by atoms with E-state index in [4.69, 9.17) is 9.26 Å². The largest absolute Gasteiger partial charge is 0.497 e. The molecule has 1 aliphatic rings. The number of methoxy groups -OCH3 is 1. The second kappa shape index (κ2) is 5.51. The Kier molecular flexibility index (Phi) is 3.68. The average molecular weight is 304 g/mol. The molecule has 0 radical (unpaired) electrons. The number of aromatic nitrogens is 1. The van der Waals surface area contributed by atoms with Crippen LogP contribution in [0.5, 0.6) is 5.75 Å². The topological polar surface area (TPSA) is 75.8 Å². The van der Waals surface area contributed by atoms with Crippen molar-refractivity contribution in [1.82, 2.24) is 10.1 Å². The Labute approximate surface area is 128 Å². The van der Waals surface area contributed by atoms with E-state index in [-0.39, 0.29) is 0 Å². The molecule has 118 valence electrons. The lowest BCUT2D eigenvalue weighted by atomic mass is 9.80. The van der Waals surface area contributed by atoms with Gasteiger partial charge in [-0.2, -0.15) is 0 Å². The molecule has 1 amide bonds. The molecule has 3 rings (SSSR count). The molecule has 2 aromatic rings. The third-order valence-corrected chi connectivity index (χ3v) is 4.67. The lowest BCUT2D eigenvalue weighted by Gasteiger charge is -2.44. The van der Waals surface area contributed by atoms with Gasteiger partial charge in [-0.1, -0.05) is 12.1 Å². The van der Waals surface area contributed by atoms with Gasteiger partial charge in [-0.25, -0.2) is 4.79 Å². The van der Waals surface area contributed by atoms with Crippen LogP contribution in [-0.2, 0) is 5.54 Å². The number of nitrogens with zero attached hydrogens (tertiary/aromatic N) is 2. The molecular weight excluding hydrogens is 284 g/mol. The van der Waals surface area contributed by atoms with Gasteiger partial charge >= 0.3 is 6.09 Å². The smallest absolute Gasteiger partial charge is 0.408 e. The first-order chi connectivity index (χ1) is 10.6. The highest BCUT2D eigenvalue weighted by Crippen LogP contribution is 2.43. The van der Waals surface area contributed by atoms with Crippen molar-refractivity contribution in [2.75, 3.05) is 13.7 Å². The second-order valence-corrected chi connectivity index (χ2v) is 5.67. The number of hydrogen-bond acceptors (Lipinski definition) is 4. The van der Waals surface area contributed by atoms with Gasteiger partial charge in [0.15, 0.2) is 5.58 Å². The summed E-state index contributed by atoms with van der Waals surface area (Å²) in [7, 11) is 1.61. The fourth-order valence-corrected chi connectivity index (χ4v) is 3.48. The van der Waals surface area contributed by atoms with E-state index in [2.05, 4.69) is 5.16 Å². The number of benzene rings is 1. The fourth-order valence-electron chi connectivity index (χ4n) is 3.48. The molecule has 0 saturated carbocycles. The van der Waals surface area contributed by atoms with Crippen LogP contribution < -0.4 is 4.74 Å². The number of carboxylic acid groups (broad SMARTS) is 1. The summed E-state index contributed by atoms with van der Waals surface area (Å²) in [5.74, 6) is 0.709. The third-order valence-electron chi connectivity index (χ3n) is 4.67. The number of amides is 1. The molecule has 1 saturated heterocycles. The third kappa shape index (κ3) is 2.10. The van der Waals surface area contributed by atoms with E-state index in [1.807, 2.05) is 25.1 Å². The molecule has 6 nitrogen and oxygen atoms in total. The normalized spacial score (nSPS) is 22.0. The van der Waals surface area contributed by atoms with Gasteiger partial charge < -0.3 is 14.4 Å². The Bertz CT molecular complexity index is 697. The van der Waals surface area contributed by atoms with E-state index in [9.17, 15) is 9.90 Å². The quantitative estimate of drug-likeness (QED) is 0.937. The minimum Gasteiger partial charge on any atom is -0.497 e. The number of hydrogen-bond donors (Lipinski definition) is 1. The van der Waals surface area contributed by atoms with Gasteiger partial charge in [0, 0.05) is 6.54 Å². The predicted molar refractivity (Wildman–Crippen MR) is 81.1 cm³/mol. The maximum absolute atomic E-state index is 11.7. The van der Waals surface area contributed by atoms with Crippen molar-refractivity contribution in [1.29, 1.82) is 0 Å². The Hall–Kier alpha value is -2.24. The summed E-state index contributed by atoms with van der Waals surface area (Å²) >= 11 is 0. The predicted octanol–water partition coefficient (Wildman–Crippen LogP) is 3.61. The van der Waals surface area contributed by atoms with E-state index in [1.54, 1.807) is 7.11 Å². The van der Waals surface area contributed by atoms with Crippen LogP contribution in [0.4, 0.5) is 4.79 Å². The van der Waals surface area contributed by atoms with E-state index in [0.29, 0.717) is 30.0 Å². The number of piperidine rings is 1. The molecule has 0 aliphatic carbocycles. The van der Waals surface area contributed by atoms with Crippen LogP contribution in [0.25, 0.3) is 11.0 Å². The van der Waals surface area contributed by atoms with Crippen LogP contribution >= 0.6 is 0 Å². The van der Waals surface area contributed by atoms with Gasteiger partial charge in [-0.3, -0.25) is 4.90 Å². The number of likely N-dealkylation sites (tertiary alicyclic amines) is 1. The van der Waals surface area contributed by atoms with Crippen LogP contribution in [0.2, 0.25) is 0 Å². The van der Waals surface area contributed by atoms with Gasteiger partial charge in [-0.05, 0) is 43.9 Å². The summed E-state index contributed by atoms with van der Waals surface area (Å²) < 4.78 is 10.7. The minimum atomic E-state index is -0.902. The molecule has 22 heavy (non-hydrogen) atoms. The Morgan fingerprint density at radius 1 is 1.50 bits per heavy atom. The highest BCUT2D eigenvalue weighted by Gasteiger charge is 2.45. The van der Waals surface area contributed by atoms with E-state index >= 15 is 0 Å². The van der Waals surface area contributed by atoms with Crippen molar-refractivity contribution in [3.8, 4) is 5.75 Å². The zero-order valence-electron chi connectivity index (χ0n) is 12.8. The second-order valence-electron chi connectivity index (χ2n) is 5.67. The zero-order valence-corrected chi connectivity index (χ0v) is 12.8. The standard InChI is InChI=1S/C16H20N2O4/c1-3-16(8-4-5-9-18(16)15(19)20)14-12-10-11(21-2)6-7-13(12)22-17-14/h6-7,10H,3-5,8-9H2,1-2H3,(H,19,20). The van der Waals surface area contributed by atoms with Crippen molar-refractivity contribution in [2.24, 2.45) is 0 Å². The molecule has 1 atom stereocenters. The SMILES string of the molecule is CCC1(c2noc3ccc(OC)cc23)CCCCN1C(=O)O. The lowest BCUT2D eigenvalue weighted by Crippen LogP contribution is -2.51. The van der Waals surface area contributed by atoms with Gasteiger partial charge in [0.25, 0.3) is 0 Å². The Morgan fingerprint density at radius 3 is 3.00 bits per heavy atom. The summed E-state index contributed by atoms with van der Waals surface area (Å²) in [6, 6.07) is 5.49. The van der Waals surface area contributed by atoms with Gasteiger partial charge in [0.05, 0.1) is 18.0 Å². The first kappa shape index (κ1) is 14.7. The highest BCUT2D eigenvalue weighted by molar-refractivity contribution is 5.83. The van der Waals surface area contributed by atoms with Crippen LogP contribution in [0.3, 0.4) is 0 Å². The van der Waals surface area contributed by atoms with E-state index in [1.165, 1.54) is 4.90 Å². The van der Waals surface area contributed by atoms with Crippen molar-refractivity contribution >= 4 is 17.1 Å². The van der Waals surface area contributed by atoms with Crippen LogP contribution in [-0.4, -0.2) is 34.9 Å². The van der Waals surface area contributed by atoms with Crippen molar-refractivity contribution < 1.29 is 19.2 Å². The number of fused-ring (bicyclic) bond motifs is 1. The van der Waals surface area contributed by atoms with Crippen LogP contribution in [0.1, 0.15) is 38.3 Å². The average Bonchev–Trinajstić information content (AvgIpc) is 2.97. The zero-order chi connectivity index (χ0) is 15.7. The molecule has 1 aliphatic heterocycles. The molecule has 1 fully saturated rings. The van der Waals surface area contributed by atoms with Gasteiger partial charge in [-0.15, -0.1) is 0 Å². The molecule has 0 spiro atoms. The lowest BCUT2D eigenvalue weighted by molar-refractivity contribution is 0.0379. The van der Waals surface area contributed by atoms with E-state index in [0.717, 1.165) is 24.6 Å². The van der Waals surface area contributed by atoms with Crippen LogP contribution in [0.15, 0.2) is 22.7 Å². The molecular formula is C16H20N2O4. The summed E-state index contributed by atoms with van der Waals surface area (Å²) in [6.07, 6.45) is 2.39. The highest BCUT2D eigenvalue weighted by atomic mass is 16.5. The summed E-state index contributed by atoms with van der Waals surface area (Å²) in [4.78, 5) is 13.2. The van der Waals surface area contributed by atoms with Gasteiger partial charge in [0.1, 0.15) is 11.4 Å². The monoisotopic (exact) mass is 304 g/mol. The molecule has 1 unspecified atom stereocenters. The Morgan fingerprint density at radius 2 is 2.32 bits per heavy atom. The van der Waals surface area contributed by atoms with E-state index < -0.39 is 11.6 Å².